The Morgan fingerprint density at radius 2 is 1.92 bits per heavy atom. The van der Waals surface area contributed by atoms with Gasteiger partial charge < -0.3 is 10.3 Å². The molecule has 0 bridgehead atoms. The Labute approximate surface area is 154 Å². The number of rotatable bonds is 4. The van der Waals surface area contributed by atoms with E-state index < -0.39 is 17.2 Å². The third-order valence-corrected chi connectivity index (χ3v) is 4.24. The molecule has 0 fully saturated rings. The predicted molar refractivity (Wildman–Crippen MR) is 101 cm³/mol. The van der Waals surface area contributed by atoms with Crippen molar-refractivity contribution in [2.75, 3.05) is 5.32 Å². The summed E-state index contributed by atoms with van der Waals surface area (Å²) in [7, 11) is 0. The number of nitrogens with one attached hydrogen (secondary N) is 2. The van der Waals surface area contributed by atoms with E-state index >= 15 is 0 Å². The van der Waals surface area contributed by atoms with E-state index in [9.17, 15) is 14.4 Å². The van der Waals surface area contributed by atoms with Crippen molar-refractivity contribution in [2.24, 2.45) is 0 Å². The van der Waals surface area contributed by atoms with Crippen molar-refractivity contribution >= 4 is 23.2 Å². The van der Waals surface area contributed by atoms with Gasteiger partial charge in [-0.05, 0) is 36.2 Å². The molecule has 2 aromatic carbocycles. The van der Waals surface area contributed by atoms with Gasteiger partial charge in [0.25, 0.3) is 11.5 Å². The predicted octanol–water partition coefficient (Wildman–Crippen LogP) is 2.80. The van der Waals surface area contributed by atoms with Crippen LogP contribution in [0.25, 0.3) is 0 Å². The third-order valence-electron chi connectivity index (χ3n) is 3.87. The summed E-state index contributed by atoms with van der Waals surface area (Å²) in [6, 6.07) is 14.1. The van der Waals surface area contributed by atoms with Gasteiger partial charge in [0.2, 0.25) is 0 Å². The van der Waals surface area contributed by atoms with Crippen LogP contribution in [0.5, 0.6) is 0 Å². The van der Waals surface area contributed by atoms with Crippen LogP contribution < -0.4 is 16.6 Å². The topological polar surface area (TPSA) is 84.0 Å². The minimum atomic E-state index is -0.682. The number of aromatic amines is 1. The van der Waals surface area contributed by atoms with Crippen LogP contribution in [-0.2, 0) is 6.54 Å². The summed E-state index contributed by atoms with van der Waals surface area (Å²) >= 11 is 6.10. The number of carbonyl (C=O) groups is 1. The molecule has 1 aromatic heterocycles. The summed E-state index contributed by atoms with van der Waals surface area (Å²) in [4.78, 5) is 39.6. The second kappa shape index (κ2) is 7.41. The molecule has 6 nitrogen and oxygen atoms in total. The number of nitrogens with zero attached hydrogens (tertiary/aromatic N) is 1. The normalized spacial score (nSPS) is 10.5. The molecule has 132 valence electrons. The monoisotopic (exact) mass is 369 g/mol. The van der Waals surface area contributed by atoms with Gasteiger partial charge in [0, 0.05) is 16.9 Å². The number of amides is 1. The second-order valence-corrected chi connectivity index (χ2v) is 6.22. The summed E-state index contributed by atoms with van der Waals surface area (Å²) in [6.07, 6.45) is 1.12. The zero-order valence-electron chi connectivity index (χ0n) is 14.0. The first-order valence-corrected chi connectivity index (χ1v) is 8.27. The van der Waals surface area contributed by atoms with Gasteiger partial charge >= 0.3 is 5.69 Å². The molecule has 26 heavy (non-hydrogen) atoms. The Kier molecular flexibility index (Phi) is 5.04. The second-order valence-electron chi connectivity index (χ2n) is 5.81. The number of aromatic nitrogens is 2. The van der Waals surface area contributed by atoms with E-state index in [1.54, 1.807) is 42.5 Å². The lowest BCUT2D eigenvalue weighted by Gasteiger charge is -2.09. The fraction of sp³-hybridized carbons (Fsp3) is 0.105. The highest BCUT2D eigenvalue weighted by molar-refractivity contribution is 6.31. The molecule has 3 rings (SSSR count). The van der Waals surface area contributed by atoms with Crippen molar-refractivity contribution in [3.63, 3.8) is 0 Å². The van der Waals surface area contributed by atoms with Crippen LogP contribution in [0, 0.1) is 6.92 Å². The quantitative estimate of drug-likeness (QED) is 0.741. The van der Waals surface area contributed by atoms with Crippen molar-refractivity contribution in [2.45, 2.75) is 13.5 Å². The molecule has 7 heteroatoms. The van der Waals surface area contributed by atoms with E-state index in [0.29, 0.717) is 16.3 Å². The van der Waals surface area contributed by atoms with Crippen LogP contribution in [0.4, 0.5) is 5.69 Å². The largest absolute Gasteiger partial charge is 0.328 e. The fourth-order valence-electron chi connectivity index (χ4n) is 2.54. The molecule has 0 unspecified atom stereocenters. The van der Waals surface area contributed by atoms with Crippen LogP contribution in [0.15, 0.2) is 64.3 Å². The molecule has 0 aliphatic heterocycles. The summed E-state index contributed by atoms with van der Waals surface area (Å²) in [6.45, 7) is 1.87. The molecule has 0 aliphatic rings. The third kappa shape index (κ3) is 3.75. The molecular formula is C19H16ClN3O3. The molecule has 3 aromatic rings. The van der Waals surface area contributed by atoms with Crippen molar-refractivity contribution < 1.29 is 4.79 Å². The van der Waals surface area contributed by atoms with Gasteiger partial charge in [-0.2, -0.15) is 0 Å². The first-order chi connectivity index (χ1) is 12.5. The number of anilines is 1. The number of H-pyrrole nitrogens is 1. The Morgan fingerprint density at radius 3 is 2.65 bits per heavy atom. The van der Waals surface area contributed by atoms with Crippen molar-refractivity contribution in [1.82, 2.24) is 9.55 Å². The summed E-state index contributed by atoms with van der Waals surface area (Å²) in [5.41, 5.74) is 0.704. The lowest BCUT2D eigenvalue weighted by Crippen LogP contribution is -2.39. The average Bonchev–Trinajstić information content (AvgIpc) is 2.60. The number of hydrogen-bond donors (Lipinski definition) is 2. The van der Waals surface area contributed by atoms with Crippen molar-refractivity contribution in [3.8, 4) is 0 Å². The van der Waals surface area contributed by atoms with Crippen LogP contribution in [0.1, 0.15) is 21.5 Å². The van der Waals surface area contributed by atoms with Gasteiger partial charge in [0.05, 0.1) is 6.54 Å². The minimum absolute atomic E-state index is 0.0284. The Morgan fingerprint density at radius 1 is 1.15 bits per heavy atom. The number of carbonyl (C=O) groups excluding carboxylic acids is 1. The molecule has 0 atom stereocenters. The van der Waals surface area contributed by atoms with Gasteiger partial charge in [0.1, 0.15) is 5.56 Å². The molecule has 2 N–H and O–H groups in total. The van der Waals surface area contributed by atoms with Gasteiger partial charge in [0.15, 0.2) is 0 Å². The average molecular weight is 370 g/mol. The van der Waals surface area contributed by atoms with E-state index in [0.717, 1.165) is 16.3 Å². The first-order valence-electron chi connectivity index (χ1n) is 7.89. The Balaban J connectivity index is 1.94. The molecular weight excluding hydrogens is 354 g/mol. The van der Waals surface area contributed by atoms with Gasteiger partial charge in [-0.3, -0.25) is 14.2 Å². The molecule has 1 amide bonds. The maximum atomic E-state index is 12.6. The van der Waals surface area contributed by atoms with Crippen molar-refractivity contribution in [1.29, 1.82) is 0 Å². The van der Waals surface area contributed by atoms with E-state index in [1.165, 1.54) is 0 Å². The zero-order valence-corrected chi connectivity index (χ0v) is 14.7. The van der Waals surface area contributed by atoms with Crippen LogP contribution in [0.2, 0.25) is 5.02 Å². The standard InChI is InChI=1S/C19H16ClN3O3/c1-12-5-4-7-14(9-12)22-17(24)15-10-21-19(26)23(18(15)25)11-13-6-2-3-8-16(13)20/h2-10H,11H2,1H3,(H,21,26)(H,22,24). The molecule has 0 saturated carbocycles. The number of benzene rings is 2. The fourth-order valence-corrected chi connectivity index (χ4v) is 2.73. The molecule has 0 spiro atoms. The van der Waals surface area contributed by atoms with Gasteiger partial charge in [-0.15, -0.1) is 0 Å². The SMILES string of the molecule is Cc1cccc(NC(=O)c2c[nH]c(=O)n(Cc3ccccc3Cl)c2=O)c1. The van der Waals surface area contributed by atoms with Gasteiger partial charge in [-0.25, -0.2) is 4.79 Å². The van der Waals surface area contributed by atoms with Gasteiger partial charge in [-0.1, -0.05) is 41.9 Å². The van der Waals surface area contributed by atoms with Crippen LogP contribution in [0.3, 0.4) is 0 Å². The van der Waals surface area contributed by atoms with Crippen LogP contribution in [-0.4, -0.2) is 15.5 Å². The Hall–Kier alpha value is -3.12. The highest BCUT2D eigenvalue weighted by Gasteiger charge is 2.16. The zero-order chi connectivity index (χ0) is 18.7. The molecule has 1 heterocycles. The lowest BCUT2D eigenvalue weighted by atomic mass is 10.2. The van der Waals surface area contributed by atoms with Crippen molar-refractivity contribution in [3.05, 3.63) is 97.3 Å². The summed E-state index contributed by atoms with van der Waals surface area (Å²) in [5.74, 6) is -0.593. The van der Waals surface area contributed by atoms with Crippen LogP contribution >= 0.6 is 11.6 Å². The van der Waals surface area contributed by atoms with E-state index in [1.807, 2.05) is 13.0 Å². The number of hydrogen-bond acceptors (Lipinski definition) is 3. The highest BCUT2D eigenvalue weighted by atomic mass is 35.5. The molecule has 0 aliphatic carbocycles. The number of halogens is 1. The maximum Gasteiger partial charge on any atom is 0.328 e. The Bertz CT molecular complexity index is 1090. The van der Waals surface area contributed by atoms with E-state index in [4.69, 9.17) is 11.6 Å². The molecule has 0 radical (unpaired) electrons. The van der Waals surface area contributed by atoms with E-state index in [-0.39, 0.29) is 12.1 Å². The molecule has 0 saturated heterocycles. The summed E-state index contributed by atoms with van der Waals surface area (Å²) in [5, 5.41) is 3.10. The highest BCUT2D eigenvalue weighted by Crippen LogP contribution is 2.15. The maximum absolute atomic E-state index is 12.6. The number of aryl methyl sites for hydroxylation is 1. The lowest BCUT2D eigenvalue weighted by molar-refractivity contribution is 0.102. The summed E-state index contributed by atoms with van der Waals surface area (Å²) < 4.78 is 0.951. The minimum Gasteiger partial charge on any atom is -0.322 e. The first kappa shape index (κ1) is 17.7. The smallest absolute Gasteiger partial charge is 0.322 e. The van der Waals surface area contributed by atoms with E-state index in [2.05, 4.69) is 10.3 Å².